The maximum absolute atomic E-state index is 11.0. The molecule has 2 aliphatic carbocycles. The van der Waals surface area contributed by atoms with Crippen LogP contribution in [0.1, 0.15) is 89.9 Å². The summed E-state index contributed by atoms with van der Waals surface area (Å²) >= 11 is 1.75. The number of carbonyl (C=O) groups excluding carboxylic acids is 2. The van der Waals surface area contributed by atoms with Crippen LogP contribution in [0.5, 0.6) is 0 Å². The van der Waals surface area contributed by atoms with E-state index in [-0.39, 0.29) is 22.7 Å². The first-order chi connectivity index (χ1) is 21.1. The average molecular weight is 615 g/mol. The number of rotatable bonds is 16. The van der Waals surface area contributed by atoms with E-state index in [0.717, 1.165) is 103 Å². The Hall–Kier alpha value is -2.27. The van der Waals surface area contributed by atoms with Crippen molar-refractivity contribution in [1.82, 2.24) is 10.9 Å². The van der Waals surface area contributed by atoms with Gasteiger partial charge in [0.1, 0.15) is 10.7 Å². The second kappa shape index (κ2) is 21.4. The molecule has 0 spiro atoms. The van der Waals surface area contributed by atoms with Gasteiger partial charge in [0.25, 0.3) is 0 Å². The number of ether oxygens (including phenoxy) is 4. The number of hydrazine groups is 1. The Morgan fingerprint density at radius 3 is 1.40 bits per heavy atom. The van der Waals surface area contributed by atoms with Crippen LogP contribution in [-0.2, 0) is 28.5 Å². The van der Waals surface area contributed by atoms with Crippen molar-refractivity contribution in [3.63, 3.8) is 0 Å². The Morgan fingerprint density at radius 2 is 1.00 bits per heavy atom. The lowest BCUT2D eigenvalue weighted by atomic mass is 9.88. The van der Waals surface area contributed by atoms with Gasteiger partial charge in [-0.2, -0.15) is 0 Å². The van der Waals surface area contributed by atoms with Crippen molar-refractivity contribution in [2.45, 2.75) is 113 Å². The van der Waals surface area contributed by atoms with Crippen molar-refractivity contribution in [2.75, 3.05) is 26.4 Å². The predicted octanol–water partition coefficient (Wildman–Crippen LogP) is 5.44. The van der Waals surface area contributed by atoms with Gasteiger partial charge < -0.3 is 18.9 Å². The largest absolute Gasteiger partial charge is 0.463 e. The molecule has 3 rings (SSSR count). The van der Waals surface area contributed by atoms with E-state index < -0.39 is 0 Å². The number of thioether (sulfide) groups is 1. The lowest BCUT2D eigenvalue weighted by molar-refractivity contribution is -0.138. The number of unbranched alkanes of at least 4 members (excludes halogenated alkanes) is 4. The summed E-state index contributed by atoms with van der Waals surface area (Å²) in [5.41, 5.74) is 6.58. The van der Waals surface area contributed by atoms with E-state index in [4.69, 9.17) is 18.9 Å². The highest BCUT2D eigenvalue weighted by Crippen LogP contribution is 2.28. The highest BCUT2D eigenvalue weighted by atomic mass is 32.2. The van der Waals surface area contributed by atoms with E-state index in [0.29, 0.717) is 37.3 Å². The standard InChI is InChI=1S/C34H50N2O6S/c1-3-33(37)41-25-9-5-7-23-39-29-17-11-27(12-18-29)15-21-31-35-36-32(43-31)22-16-28-13-19-30(20-14-28)40-24-8-6-10-26-42-34(38)4-2/h3-4,27-32,35-36H,1-2,5-14,17-20,23-26H2. The Labute approximate surface area is 262 Å². The molecular formula is C34H50N2O6S. The topological polar surface area (TPSA) is 95.1 Å². The third-order valence-corrected chi connectivity index (χ3v) is 8.93. The van der Waals surface area contributed by atoms with Crippen LogP contribution in [-0.4, -0.2) is 61.3 Å². The number of nitrogens with one attached hydrogen (secondary N) is 2. The average Bonchev–Trinajstić information content (AvgIpc) is 3.50. The van der Waals surface area contributed by atoms with Gasteiger partial charge in [-0.25, -0.2) is 20.4 Å². The fraction of sp³-hybridized carbons (Fsp3) is 0.706. The molecule has 43 heavy (non-hydrogen) atoms. The minimum Gasteiger partial charge on any atom is -0.463 e. The molecule has 3 fully saturated rings. The van der Waals surface area contributed by atoms with Crippen molar-refractivity contribution in [3.05, 3.63) is 25.3 Å². The highest BCUT2D eigenvalue weighted by Gasteiger charge is 2.24. The van der Waals surface area contributed by atoms with Crippen LogP contribution >= 0.6 is 11.8 Å². The molecule has 1 aliphatic heterocycles. The highest BCUT2D eigenvalue weighted by molar-refractivity contribution is 8.01. The Kier molecular flexibility index (Phi) is 17.6. The first kappa shape index (κ1) is 35.2. The van der Waals surface area contributed by atoms with Gasteiger partial charge in [0.2, 0.25) is 0 Å². The minimum atomic E-state index is -0.355. The normalized spacial score (nSPS) is 26.7. The Bertz CT molecular complexity index is 904. The quantitative estimate of drug-likeness (QED) is 0.102. The molecule has 9 heteroatoms. The van der Waals surface area contributed by atoms with Crippen LogP contribution in [0.3, 0.4) is 0 Å². The molecule has 0 bridgehead atoms. The van der Waals surface area contributed by atoms with Crippen LogP contribution in [0, 0.1) is 35.5 Å². The lowest BCUT2D eigenvalue weighted by Gasteiger charge is -2.26. The molecule has 0 aromatic rings. The van der Waals surface area contributed by atoms with Crippen LogP contribution in [0.4, 0.5) is 0 Å². The fourth-order valence-corrected chi connectivity index (χ4v) is 6.17. The van der Waals surface area contributed by atoms with Crippen molar-refractivity contribution < 1.29 is 28.5 Å². The molecule has 0 amide bonds. The Balaban J connectivity index is 1.19. The maximum atomic E-state index is 11.0. The third kappa shape index (κ3) is 15.3. The van der Waals surface area contributed by atoms with Crippen molar-refractivity contribution in [2.24, 2.45) is 11.8 Å². The number of carbonyl (C=O) groups is 2. The third-order valence-electron chi connectivity index (χ3n) is 7.91. The van der Waals surface area contributed by atoms with Crippen molar-refractivity contribution >= 4 is 23.7 Å². The van der Waals surface area contributed by atoms with Gasteiger partial charge in [-0.15, -0.1) is 0 Å². The summed E-state index contributed by atoms with van der Waals surface area (Å²) in [6, 6.07) is 0. The molecule has 2 atom stereocenters. The monoisotopic (exact) mass is 614 g/mol. The summed E-state index contributed by atoms with van der Waals surface area (Å²) in [6.45, 7) is 9.22. The van der Waals surface area contributed by atoms with E-state index in [1.165, 1.54) is 12.2 Å². The van der Waals surface area contributed by atoms with Crippen molar-refractivity contribution in [1.29, 1.82) is 0 Å². The molecule has 1 heterocycles. The zero-order valence-corrected chi connectivity index (χ0v) is 26.4. The zero-order valence-electron chi connectivity index (χ0n) is 25.6. The smallest absolute Gasteiger partial charge is 0.330 e. The predicted molar refractivity (Wildman–Crippen MR) is 170 cm³/mol. The second-order valence-corrected chi connectivity index (χ2v) is 12.5. The van der Waals surface area contributed by atoms with E-state index in [9.17, 15) is 9.59 Å². The molecule has 3 aliphatic rings. The SMILES string of the molecule is C=CC(=O)OCCCCCOC1CCC(C#CC2NNC(C#CC3CCC(OCCCCCOC(=O)C=C)CC3)S2)CC1. The van der Waals surface area contributed by atoms with Crippen LogP contribution < -0.4 is 10.9 Å². The van der Waals surface area contributed by atoms with Crippen LogP contribution in [0.25, 0.3) is 0 Å². The van der Waals surface area contributed by atoms with Gasteiger partial charge in [0.15, 0.2) is 0 Å². The van der Waals surface area contributed by atoms with Gasteiger partial charge in [-0.05, 0) is 89.9 Å². The molecule has 0 aromatic carbocycles. The Morgan fingerprint density at radius 1 is 0.605 bits per heavy atom. The lowest BCUT2D eigenvalue weighted by Crippen LogP contribution is -2.32. The van der Waals surface area contributed by atoms with Gasteiger partial charge in [0, 0.05) is 37.2 Å². The summed E-state index contributed by atoms with van der Waals surface area (Å²) in [5, 5.41) is 0.134. The fourth-order valence-electron chi connectivity index (χ4n) is 5.36. The van der Waals surface area contributed by atoms with E-state index in [1.54, 1.807) is 11.8 Å². The molecule has 8 nitrogen and oxygen atoms in total. The molecular weight excluding hydrogens is 564 g/mol. The van der Waals surface area contributed by atoms with Crippen molar-refractivity contribution in [3.8, 4) is 23.7 Å². The van der Waals surface area contributed by atoms with Gasteiger partial charge in [0.05, 0.1) is 25.4 Å². The summed E-state index contributed by atoms with van der Waals surface area (Å²) in [4.78, 5) is 22.0. The summed E-state index contributed by atoms with van der Waals surface area (Å²) in [6.07, 6.45) is 17.4. The van der Waals surface area contributed by atoms with Crippen LogP contribution in [0.2, 0.25) is 0 Å². The summed E-state index contributed by atoms with van der Waals surface area (Å²) in [7, 11) is 0. The molecule has 0 aromatic heterocycles. The molecule has 2 N–H and O–H groups in total. The maximum Gasteiger partial charge on any atom is 0.330 e. The summed E-state index contributed by atoms with van der Waals surface area (Å²) < 4.78 is 22.1. The molecule has 238 valence electrons. The molecule has 1 saturated heterocycles. The molecule has 2 saturated carbocycles. The number of esters is 2. The second-order valence-electron chi connectivity index (χ2n) is 11.3. The number of hydrogen-bond acceptors (Lipinski definition) is 9. The molecule has 0 radical (unpaired) electrons. The van der Waals surface area contributed by atoms with Gasteiger partial charge in [-0.1, -0.05) is 48.6 Å². The van der Waals surface area contributed by atoms with Crippen LogP contribution in [0.15, 0.2) is 25.3 Å². The van der Waals surface area contributed by atoms with Gasteiger partial charge >= 0.3 is 11.9 Å². The van der Waals surface area contributed by atoms with Gasteiger partial charge in [-0.3, -0.25) is 0 Å². The van der Waals surface area contributed by atoms with E-state index in [2.05, 4.69) is 47.7 Å². The molecule has 2 unspecified atom stereocenters. The summed E-state index contributed by atoms with van der Waals surface area (Å²) in [5.74, 6) is 14.0. The van der Waals surface area contributed by atoms with E-state index in [1.807, 2.05) is 0 Å². The van der Waals surface area contributed by atoms with E-state index >= 15 is 0 Å². The minimum absolute atomic E-state index is 0.0669. The number of hydrogen-bond donors (Lipinski definition) is 2. The first-order valence-corrected chi connectivity index (χ1v) is 17.0. The zero-order chi connectivity index (χ0) is 30.5. The first-order valence-electron chi connectivity index (χ1n) is 16.1.